The molecule has 0 fully saturated rings. The van der Waals surface area contributed by atoms with E-state index in [4.69, 9.17) is 23.2 Å². The Morgan fingerprint density at radius 2 is 2.07 bits per heavy atom. The van der Waals surface area contributed by atoms with E-state index in [2.05, 4.69) is 4.99 Å². The van der Waals surface area contributed by atoms with Gasteiger partial charge >= 0.3 is 5.38 Å². The Hall–Kier alpha value is -0.960. The summed E-state index contributed by atoms with van der Waals surface area (Å²) in [5.74, 6) is 0. The Morgan fingerprint density at radius 1 is 1.43 bits per heavy atom. The van der Waals surface area contributed by atoms with Gasteiger partial charge in [-0.3, -0.25) is 0 Å². The molecule has 0 N–H and O–H groups in total. The van der Waals surface area contributed by atoms with E-state index in [9.17, 15) is 13.6 Å². The molecule has 6 heteroatoms. The number of aliphatic imine (C=N–C) groups is 1. The van der Waals surface area contributed by atoms with Crippen molar-refractivity contribution in [3.8, 4) is 0 Å². The normalized spacial score (nSPS) is 10.9. The van der Waals surface area contributed by atoms with Crippen LogP contribution in [-0.2, 0) is 10.2 Å². The fraction of sp³-hybridized carbons (Fsp3) is 0.125. The fourth-order valence-electron chi connectivity index (χ4n) is 0.823. The lowest BCUT2D eigenvalue weighted by molar-refractivity contribution is 0.0951. The predicted octanol–water partition coefficient (Wildman–Crippen LogP) is 3.60. The van der Waals surface area contributed by atoms with Gasteiger partial charge in [0.1, 0.15) is 0 Å². The van der Waals surface area contributed by atoms with Gasteiger partial charge in [-0.15, -0.1) is 0 Å². The molecular formula is C8H3Cl2F2NO. The van der Waals surface area contributed by atoms with Gasteiger partial charge in [0.05, 0.1) is 10.7 Å². The monoisotopic (exact) mass is 237 g/mol. The van der Waals surface area contributed by atoms with Crippen LogP contribution in [0.3, 0.4) is 0 Å². The van der Waals surface area contributed by atoms with Gasteiger partial charge in [-0.05, 0) is 29.8 Å². The van der Waals surface area contributed by atoms with Gasteiger partial charge in [0.15, 0.2) is 0 Å². The number of hydrogen-bond donors (Lipinski definition) is 0. The second kappa shape index (κ2) is 4.05. The molecule has 0 aliphatic carbocycles. The third kappa shape index (κ3) is 2.51. The zero-order valence-corrected chi connectivity index (χ0v) is 8.11. The highest BCUT2D eigenvalue weighted by molar-refractivity contribution is 6.33. The minimum absolute atomic E-state index is 0.0753. The Labute approximate surface area is 88.2 Å². The van der Waals surface area contributed by atoms with Crippen LogP contribution < -0.4 is 0 Å². The number of hydrogen-bond acceptors (Lipinski definition) is 2. The summed E-state index contributed by atoms with van der Waals surface area (Å²) in [6.07, 6.45) is 1.25. The van der Waals surface area contributed by atoms with E-state index in [1.54, 1.807) is 0 Å². The third-order valence-electron chi connectivity index (χ3n) is 1.44. The summed E-state index contributed by atoms with van der Waals surface area (Å²) in [4.78, 5) is 13.1. The molecule has 0 aromatic heterocycles. The molecule has 0 aliphatic rings. The molecule has 0 amide bonds. The van der Waals surface area contributed by atoms with E-state index in [0.29, 0.717) is 0 Å². The number of isocyanates is 1. The van der Waals surface area contributed by atoms with E-state index in [1.807, 2.05) is 0 Å². The smallest absolute Gasteiger partial charge is 0.211 e. The number of rotatable bonds is 2. The fourth-order valence-corrected chi connectivity index (χ4v) is 1.16. The first-order chi connectivity index (χ1) is 6.45. The molecule has 0 saturated carbocycles. The average molecular weight is 238 g/mol. The first-order valence-electron chi connectivity index (χ1n) is 3.40. The summed E-state index contributed by atoms with van der Waals surface area (Å²) in [5.41, 5.74) is -0.375. The van der Waals surface area contributed by atoms with Crippen molar-refractivity contribution >= 4 is 35.0 Å². The lowest BCUT2D eigenvalue weighted by atomic mass is 10.2. The summed E-state index contributed by atoms with van der Waals surface area (Å²) in [6, 6.07) is 3.15. The van der Waals surface area contributed by atoms with Crippen molar-refractivity contribution in [3.05, 3.63) is 28.8 Å². The van der Waals surface area contributed by atoms with Gasteiger partial charge < -0.3 is 0 Å². The molecule has 1 aromatic carbocycles. The number of carbonyl (C=O) groups excluding carboxylic acids is 1. The molecule has 0 radical (unpaired) electrons. The Bertz CT molecular complexity index is 397. The summed E-state index contributed by atoms with van der Waals surface area (Å²) < 4.78 is 25.1. The van der Waals surface area contributed by atoms with E-state index in [0.717, 1.165) is 12.1 Å². The number of halogens is 4. The van der Waals surface area contributed by atoms with Crippen molar-refractivity contribution < 1.29 is 13.6 Å². The van der Waals surface area contributed by atoms with Crippen molar-refractivity contribution in [2.45, 2.75) is 5.38 Å². The molecule has 0 bridgehead atoms. The first kappa shape index (κ1) is 11.1. The largest absolute Gasteiger partial charge is 0.348 e. The summed E-state index contributed by atoms with van der Waals surface area (Å²) >= 11 is 10.3. The van der Waals surface area contributed by atoms with Crippen LogP contribution in [0.2, 0.25) is 5.02 Å². The lowest BCUT2D eigenvalue weighted by Gasteiger charge is -2.08. The zero-order chi connectivity index (χ0) is 10.8. The molecule has 0 spiro atoms. The molecule has 0 aliphatic heterocycles. The van der Waals surface area contributed by atoms with Gasteiger partial charge in [0.2, 0.25) is 6.08 Å². The summed E-state index contributed by atoms with van der Waals surface area (Å²) in [5, 5.41) is -3.56. The van der Waals surface area contributed by atoms with Gasteiger partial charge in [-0.2, -0.15) is 13.8 Å². The van der Waals surface area contributed by atoms with Crippen molar-refractivity contribution in [2.24, 2.45) is 4.99 Å². The van der Waals surface area contributed by atoms with Gasteiger partial charge in [-0.25, -0.2) is 4.79 Å². The van der Waals surface area contributed by atoms with E-state index in [1.165, 1.54) is 12.1 Å². The van der Waals surface area contributed by atoms with Crippen molar-refractivity contribution in [3.63, 3.8) is 0 Å². The van der Waals surface area contributed by atoms with Crippen LogP contribution in [0, 0.1) is 0 Å². The highest BCUT2D eigenvalue weighted by atomic mass is 35.5. The standard InChI is InChI=1S/C8H3Cl2F2NO/c9-6-3-5(8(10,11)12)1-2-7(6)13-4-14/h1-3H. The van der Waals surface area contributed by atoms with Crippen LogP contribution >= 0.6 is 23.2 Å². The quantitative estimate of drug-likeness (QED) is 0.439. The Balaban J connectivity index is 3.19. The minimum atomic E-state index is -3.48. The third-order valence-corrected chi connectivity index (χ3v) is 1.96. The van der Waals surface area contributed by atoms with Crippen LogP contribution in [0.15, 0.2) is 23.2 Å². The number of benzene rings is 1. The Kier molecular flexibility index (Phi) is 3.21. The van der Waals surface area contributed by atoms with Crippen molar-refractivity contribution in [1.82, 2.24) is 0 Å². The maximum atomic E-state index is 12.6. The number of alkyl halides is 3. The maximum Gasteiger partial charge on any atom is 0.348 e. The SMILES string of the molecule is O=C=Nc1ccc(C(F)(F)Cl)cc1Cl. The van der Waals surface area contributed by atoms with E-state index >= 15 is 0 Å². The molecule has 74 valence electrons. The van der Waals surface area contributed by atoms with Crippen molar-refractivity contribution in [1.29, 1.82) is 0 Å². The van der Waals surface area contributed by atoms with E-state index < -0.39 is 10.9 Å². The topological polar surface area (TPSA) is 29.4 Å². The molecule has 0 heterocycles. The van der Waals surface area contributed by atoms with Crippen LogP contribution in [0.1, 0.15) is 5.56 Å². The maximum absolute atomic E-state index is 12.6. The molecule has 1 aromatic rings. The molecule has 0 unspecified atom stereocenters. The van der Waals surface area contributed by atoms with Gasteiger partial charge in [-0.1, -0.05) is 11.6 Å². The molecule has 1 rings (SSSR count). The van der Waals surface area contributed by atoms with Crippen LogP contribution in [0.4, 0.5) is 14.5 Å². The van der Waals surface area contributed by atoms with Crippen LogP contribution in [-0.4, -0.2) is 6.08 Å². The average Bonchev–Trinajstić information content (AvgIpc) is 2.07. The van der Waals surface area contributed by atoms with Gasteiger partial charge in [0.25, 0.3) is 0 Å². The Morgan fingerprint density at radius 3 is 2.50 bits per heavy atom. The lowest BCUT2D eigenvalue weighted by Crippen LogP contribution is -2.02. The minimum Gasteiger partial charge on any atom is -0.211 e. The molecule has 0 atom stereocenters. The number of nitrogens with zero attached hydrogens (tertiary/aromatic N) is 1. The molecular weight excluding hydrogens is 235 g/mol. The summed E-state index contributed by atoms with van der Waals surface area (Å²) in [6.45, 7) is 0. The van der Waals surface area contributed by atoms with Crippen molar-refractivity contribution in [2.75, 3.05) is 0 Å². The summed E-state index contributed by atoms with van der Waals surface area (Å²) in [7, 11) is 0. The highest BCUT2D eigenvalue weighted by Crippen LogP contribution is 2.36. The second-order valence-corrected chi connectivity index (χ2v) is 3.25. The first-order valence-corrected chi connectivity index (χ1v) is 4.15. The molecule has 14 heavy (non-hydrogen) atoms. The predicted molar refractivity (Wildman–Crippen MR) is 49.0 cm³/mol. The van der Waals surface area contributed by atoms with Crippen LogP contribution in [0.5, 0.6) is 0 Å². The second-order valence-electron chi connectivity index (χ2n) is 2.37. The van der Waals surface area contributed by atoms with Crippen LogP contribution in [0.25, 0.3) is 0 Å². The highest BCUT2D eigenvalue weighted by Gasteiger charge is 2.28. The zero-order valence-electron chi connectivity index (χ0n) is 6.60. The van der Waals surface area contributed by atoms with Gasteiger partial charge in [0, 0.05) is 5.56 Å². The van der Waals surface area contributed by atoms with E-state index in [-0.39, 0.29) is 10.7 Å². The molecule has 2 nitrogen and oxygen atoms in total. The molecule has 0 saturated heterocycles.